The number of anilines is 1. The minimum Gasteiger partial charge on any atom is -0.336 e. The van der Waals surface area contributed by atoms with E-state index in [1.807, 2.05) is 35.7 Å². The Kier molecular flexibility index (Phi) is 3.70. The Bertz CT molecular complexity index is 628. The van der Waals surface area contributed by atoms with E-state index in [0.717, 1.165) is 11.3 Å². The van der Waals surface area contributed by atoms with Gasteiger partial charge in [0.15, 0.2) is 5.13 Å². The Morgan fingerprint density at radius 2 is 1.94 bits per heavy atom. The number of benzene rings is 1. The molecule has 2 rings (SSSR count). The predicted octanol–water partition coefficient (Wildman–Crippen LogP) is 3.15. The third-order valence-corrected chi connectivity index (χ3v) is 2.93. The minimum atomic E-state index is 0.0199. The summed E-state index contributed by atoms with van der Waals surface area (Å²) in [6.07, 6.45) is 1.35. The molecule has 0 aliphatic rings. The number of thiazole rings is 1. The minimum absolute atomic E-state index is 0.0199. The summed E-state index contributed by atoms with van der Waals surface area (Å²) in [5.41, 5.74) is 1.92. The van der Waals surface area contributed by atoms with Crippen molar-refractivity contribution in [1.82, 2.24) is 4.98 Å². The average molecular weight is 252 g/mol. The van der Waals surface area contributed by atoms with Crippen LogP contribution >= 0.6 is 11.3 Å². The van der Waals surface area contributed by atoms with Crippen molar-refractivity contribution in [3.63, 3.8) is 0 Å². The molecular weight excluding hydrogens is 244 g/mol. The summed E-state index contributed by atoms with van der Waals surface area (Å²) < 4.78 is 0. The van der Waals surface area contributed by atoms with Crippen molar-refractivity contribution in [2.45, 2.75) is 0 Å². The SMILES string of the molecule is N#CC(C#N)=CNc1nc(-c2ccccc2)cs1. The molecule has 5 heteroatoms. The molecule has 0 spiro atoms. The molecule has 0 aliphatic heterocycles. The van der Waals surface area contributed by atoms with E-state index in [4.69, 9.17) is 10.5 Å². The molecule has 1 aromatic carbocycles. The summed E-state index contributed by atoms with van der Waals surface area (Å²) in [5, 5.41) is 22.6. The molecule has 18 heavy (non-hydrogen) atoms. The number of hydrogen-bond acceptors (Lipinski definition) is 5. The van der Waals surface area contributed by atoms with Gasteiger partial charge in [-0.05, 0) is 0 Å². The van der Waals surface area contributed by atoms with E-state index in [2.05, 4.69) is 10.3 Å². The Hall–Kier alpha value is -2.63. The van der Waals surface area contributed by atoms with Crippen LogP contribution in [-0.4, -0.2) is 4.98 Å². The van der Waals surface area contributed by atoms with Gasteiger partial charge in [-0.3, -0.25) is 0 Å². The Morgan fingerprint density at radius 3 is 2.61 bits per heavy atom. The summed E-state index contributed by atoms with van der Waals surface area (Å²) in [6, 6.07) is 13.4. The van der Waals surface area contributed by atoms with Crippen molar-refractivity contribution in [3.8, 4) is 23.4 Å². The molecule has 0 saturated heterocycles. The van der Waals surface area contributed by atoms with Crippen LogP contribution in [0.25, 0.3) is 11.3 Å². The van der Waals surface area contributed by atoms with E-state index >= 15 is 0 Å². The van der Waals surface area contributed by atoms with Gasteiger partial charge >= 0.3 is 0 Å². The van der Waals surface area contributed by atoms with Crippen LogP contribution in [0.4, 0.5) is 5.13 Å². The number of nitrogens with one attached hydrogen (secondary N) is 1. The smallest absolute Gasteiger partial charge is 0.187 e. The third kappa shape index (κ3) is 2.73. The summed E-state index contributed by atoms with van der Waals surface area (Å²) in [6.45, 7) is 0. The largest absolute Gasteiger partial charge is 0.336 e. The van der Waals surface area contributed by atoms with Gasteiger partial charge < -0.3 is 5.32 Å². The van der Waals surface area contributed by atoms with Crippen LogP contribution in [0.1, 0.15) is 0 Å². The predicted molar refractivity (Wildman–Crippen MR) is 70.5 cm³/mol. The van der Waals surface area contributed by atoms with Gasteiger partial charge in [0.2, 0.25) is 0 Å². The van der Waals surface area contributed by atoms with E-state index in [0.29, 0.717) is 5.13 Å². The molecule has 4 nitrogen and oxygen atoms in total. The molecule has 0 fully saturated rings. The van der Waals surface area contributed by atoms with Crippen LogP contribution in [0.15, 0.2) is 47.5 Å². The first-order chi connectivity index (χ1) is 8.83. The molecule has 1 aromatic heterocycles. The van der Waals surface area contributed by atoms with Crippen molar-refractivity contribution in [1.29, 1.82) is 10.5 Å². The maximum absolute atomic E-state index is 8.59. The van der Waals surface area contributed by atoms with Crippen molar-refractivity contribution < 1.29 is 0 Å². The summed E-state index contributed by atoms with van der Waals surface area (Å²) in [4.78, 5) is 4.37. The first-order valence-corrected chi connectivity index (χ1v) is 5.99. The number of aromatic nitrogens is 1. The van der Waals surface area contributed by atoms with E-state index < -0.39 is 0 Å². The van der Waals surface area contributed by atoms with Gasteiger partial charge in [-0.25, -0.2) is 4.98 Å². The van der Waals surface area contributed by atoms with Crippen molar-refractivity contribution in [3.05, 3.63) is 47.5 Å². The molecule has 2 aromatic rings. The second-order valence-electron chi connectivity index (χ2n) is 3.33. The van der Waals surface area contributed by atoms with Gasteiger partial charge in [-0.2, -0.15) is 10.5 Å². The Morgan fingerprint density at radius 1 is 1.22 bits per heavy atom. The molecule has 0 amide bonds. The van der Waals surface area contributed by atoms with Gasteiger partial charge in [0.25, 0.3) is 0 Å². The number of hydrogen-bond donors (Lipinski definition) is 1. The molecule has 0 radical (unpaired) electrons. The maximum Gasteiger partial charge on any atom is 0.187 e. The summed E-state index contributed by atoms with van der Waals surface area (Å²) in [5.74, 6) is 0. The highest BCUT2D eigenvalue weighted by atomic mass is 32.1. The van der Waals surface area contributed by atoms with E-state index in [1.165, 1.54) is 17.5 Å². The monoisotopic (exact) mass is 252 g/mol. The zero-order chi connectivity index (χ0) is 12.8. The lowest BCUT2D eigenvalue weighted by Crippen LogP contribution is -1.88. The number of nitrogens with zero attached hydrogens (tertiary/aromatic N) is 3. The highest BCUT2D eigenvalue weighted by Crippen LogP contribution is 2.24. The van der Waals surface area contributed by atoms with Crippen LogP contribution in [0, 0.1) is 22.7 Å². The Balaban J connectivity index is 2.16. The summed E-state index contributed by atoms with van der Waals surface area (Å²) >= 11 is 1.42. The van der Waals surface area contributed by atoms with E-state index in [9.17, 15) is 0 Å². The lowest BCUT2D eigenvalue weighted by Gasteiger charge is -1.95. The molecule has 1 heterocycles. The van der Waals surface area contributed by atoms with Gasteiger partial charge in [0, 0.05) is 17.1 Å². The second kappa shape index (κ2) is 5.62. The third-order valence-electron chi connectivity index (χ3n) is 2.15. The van der Waals surface area contributed by atoms with Crippen LogP contribution in [0.3, 0.4) is 0 Å². The van der Waals surface area contributed by atoms with Crippen LogP contribution in [-0.2, 0) is 0 Å². The molecule has 0 atom stereocenters. The lowest BCUT2D eigenvalue weighted by atomic mass is 10.2. The van der Waals surface area contributed by atoms with E-state index in [1.54, 1.807) is 12.1 Å². The van der Waals surface area contributed by atoms with Gasteiger partial charge in [0.05, 0.1) is 5.69 Å². The van der Waals surface area contributed by atoms with Crippen molar-refractivity contribution in [2.24, 2.45) is 0 Å². The quantitative estimate of drug-likeness (QED) is 0.851. The Labute approximate surface area is 108 Å². The molecule has 1 N–H and O–H groups in total. The van der Waals surface area contributed by atoms with Gasteiger partial charge in [-0.1, -0.05) is 30.3 Å². The maximum atomic E-state index is 8.59. The standard InChI is InChI=1S/C13H8N4S/c14-6-10(7-15)8-16-13-17-12(9-18-13)11-4-2-1-3-5-11/h1-5,8-9H,(H,16,17). The number of nitriles is 2. The van der Waals surface area contributed by atoms with E-state index in [-0.39, 0.29) is 5.57 Å². The normalized spacial score (nSPS) is 9.00. The summed E-state index contributed by atoms with van der Waals surface area (Å²) in [7, 11) is 0. The van der Waals surface area contributed by atoms with Gasteiger partial charge in [-0.15, -0.1) is 11.3 Å². The van der Waals surface area contributed by atoms with Gasteiger partial charge in [0.1, 0.15) is 17.7 Å². The highest BCUT2D eigenvalue weighted by Gasteiger charge is 2.02. The molecular formula is C13H8N4S. The topological polar surface area (TPSA) is 72.5 Å². The fourth-order valence-electron chi connectivity index (χ4n) is 1.30. The highest BCUT2D eigenvalue weighted by molar-refractivity contribution is 7.14. The van der Waals surface area contributed by atoms with Crippen LogP contribution < -0.4 is 5.32 Å². The van der Waals surface area contributed by atoms with Crippen molar-refractivity contribution >= 4 is 16.5 Å². The fourth-order valence-corrected chi connectivity index (χ4v) is 2.00. The molecule has 0 saturated carbocycles. The molecule has 86 valence electrons. The number of rotatable bonds is 3. The van der Waals surface area contributed by atoms with Crippen LogP contribution in [0.5, 0.6) is 0 Å². The zero-order valence-corrected chi connectivity index (χ0v) is 10.1. The zero-order valence-electron chi connectivity index (χ0n) is 9.29. The molecule has 0 bridgehead atoms. The van der Waals surface area contributed by atoms with Crippen molar-refractivity contribution in [2.75, 3.05) is 5.32 Å². The fraction of sp³-hybridized carbons (Fsp3) is 0. The second-order valence-corrected chi connectivity index (χ2v) is 4.19. The number of allylic oxidation sites excluding steroid dienone is 1. The first-order valence-electron chi connectivity index (χ1n) is 5.11. The average Bonchev–Trinajstić information content (AvgIpc) is 2.90. The van der Waals surface area contributed by atoms with Crippen LogP contribution in [0.2, 0.25) is 0 Å². The first kappa shape index (κ1) is 11.8. The molecule has 0 aliphatic carbocycles. The lowest BCUT2D eigenvalue weighted by molar-refractivity contribution is 1.37. The molecule has 0 unspecified atom stereocenters.